The summed E-state index contributed by atoms with van der Waals surface area (Å²) in [7, 11) is 0. The average molecular weight is 194 g/mol. The Balaban J connectivity index is 2.41. The van der Waals surface area contributed by atoms with Crippen LogP contribution in [0, 0.1) is 5.92 Å². The molecule has 0 radical (unpaired) electrons. The van der Waals surface area contributed by atoms with Crippen LogP contribution in [0.5, 0.6) is 0 Å². The third-order valence-corrected chi connectivity index (χ3v) is 3.87. The van der Waals surface area contributed by atoms with Gasteiger partial charge in [-0.05, 0) is 37.7 Å². The molecule has 1 aromatic heterocycles. The zero-order valence-corrected chi connectivity index (χ0v) is 8.91. The van der Waals surface area contributed by atoms with Gasteiger partial charge in [-0.3, -0.25) is 4.79 Å². The van der Waals surface area contributed by atoms with Crippen LogP contribution in [0.4, 0.5) is 0 Å². The highest BCUT2D eigenvalue weighted by molar-refractivity contribution is 7.10. The molecule has 0 amide bonds. The Hall–Kier alpha value is -0.630. The van der Waals surface area contributed by atoms with E-state index in [1.165, 1.54) is 23.3 Å². The number of hydrogen-bond acceptors (Lipinski definition) is 2. The van der Waals surface area contributed by atoms with Crippen LogP contribution in [-0.4, -0.2) is 5.78 Å². The molecule has 2 rings (SSSR count). The first-order valence-electron chi connectivity index (χ1n) is 4.78. The Morgan fingerprint density at radius 2 is 2.38 bits per heavy atom. The normalized spacial score (nSPS) is 21.2. The molecule has 0 fully saturated rings. The van der Waals surface area contributed by atoms with E-state index in [1.54, 1.807) is 18.3 Å². The standard InChI is InChI=1S/C11H14OS/c1-7-3-4-11-9(5-7)10(6-13-11)8(2)12/h6-7H,3-5H2,1-2H3. The summed E-state index contributed by atoms with van der Waals surface area (Å²) in [5, 5.41) is 2.03. The van der Waals surface area contributed by atoms with Gasteiger partial charge in [-0.15, -0.1) is 11.3 Å². The van der Waals surface area contributed by atoms with Gasteiger partial charge in [-0.1, -0.05) is 6.92 Å². The van der Waals surface area contributed by atoms with E-state index in [2.05, 4.69) is 6.92 Å². The average Bonchev–Trinajstić information content (AvgIpc) is 2.46. The monoisotopic (exact) mass is 194 g/mol. The minimum absolute atomic E-state index is 0.228. The van der Waals surface area contributed by atoms with E-state index in [0.29, 0.717) is 0 Å². The third-order valence-electron chi connectivity index (χ3n) is 2.78. The molecular formula is C11H14OS. The molecule has 0 saturated heterocycles. The van der Waals surface area contributed by atoms with Crippen molar-refractivity contribution in [2.45, 2.75) is 33.1 Å². The van der Waals surface area contributed by atoms with Crippen molar-refractivity contribution in [2.75, 3.05) is 0 Å². The molecule has 70 valence electrons. The number of rotatable bonds is 1. The van der Waals surface area contributed by atoms with E-state index in [-0.39, 0.29) is 5.78 Å². The highest BCUT2D eigenvalue weighted by Crippen LogP contribution is 2.32. The quantitative estimate of drug-likeness (QED) is 0.628. The SMILES string of the molecule is CC(=O)c1csc2c1CC(C)CC2. The van der Waals surface area contributed by atoms with Crippen molar-refractivity contribution in [2.24, 2.45) is 5.92 Å². The highest BCUT2D eigenvalue weighted by atomic mass is 32.1. The topological polar surface area (TPSA) is 17.1 Å². The number of thiophene rings is 1. The number of fused-ring (bicyclic) bond motifs is 1. The molecule has 1 aliphatic rings. The van der Waals surface area contributed by atoms with Crippen LogP contribution in [0.2, 0.25) is 0 Å². The molecule has 0 saturated carbocycles. The van der Waals surface area contributed by atoms with Gasteiger partial charge in [0.25, 0.3) is 0 Å². The van der Waals surface area contributed by atoms with E-state index in [9.17, 15) is 4.79 Å². The van der Waals surface area contributed by atoms with Gasteiger partial charge < -0.3 is 0 Å². The smallest absolute Gasteiger partial charge is 0.160 e. The van der Waals surface area contributed by atoms with Crippen molar-refractivity contribution < 1.29 is 4.79 Å². The predicted molar refractivity (Wildman–Crippen MR) is 55.5 cm³/mol. The minimum Gasteiger partial charge on any atom is -0.294 e. The number of ketones is 1. The van der Waals surface area contributed by atoms with Crippen molar-refractivity contribution in [3.8, 4) is 0 Å². The first-order valence-corrected chi connectivity index (χ1v) is 5.66. The first kappa shape index (κ1) is 8.95. The third kappa shape index (κ3) is 1.55. The van der Waals surface area contributed by atoms with E-state index in [1.807, 2.05) is 5.38 Å². The zero-order chi connectivity index (χ0) is 9.42. The van der Waals surface area contributed by atoms with Crippen LogP contribution in [-0.2, 0) is 12.8 Å². The first-order chi connectivity index (χ1) is 6.18. The van der Waals surface area contributed by atoms with Gasteiger partial charge in [-0.25, -0.2) is 0 Å². The van der Waals surface area contributed by atoms with Gasteiger partial charge in [0.05, 0.1) is 0 Å². The van der Waals surface area contributed by atoms with E-state index >= 15 is 0 Å². The fraction of sp³-hybridized carbons (Fsp3) is 0.545. The second-order valence-electron chi connectivity index (χ2n) is 3.96. The fourth-order valence-corrected chi connectivity index (χ4v) is 3.12. The van der Waals surface area contributed by atoms with Crippen LogP contribution in [0.1, 0.15) is 41.1 Å². The summed E-state index contributed by atoms with van der Waals surface area (Å²) in [5.74, 6) is 0.979. The lowest BCUT2D eigenvalue weighted by Crippen LogP contribution is -2.11. The molecule has 1 nitrogen and oxygen atoms in total. The Morgan fingerprint density at radius 3 is 3.08 bits per heavy atom. The largest absolute Gasteiger partial charge is 0.294 e. The highest BCUT2D eigenvalue weighted by Gasteiger charge is 2.21. The van der Waals surface area contributed by atoms with Gasteiger partial charge in [0.2, 0.25) is 0 Å². The predicted octanol–water partition coefficient (Wildman–Crippen LogP) is 3.08. The van der Waals surface area contributed by atoms with E-state index in [4.69, 9.17) is 0 Å². The summed E-state index contributed by atoms with van der Waals surface area (Å²) in [6.45, 7) is 3.94. The van der Waals surface area contributed by atoms with Crippen LogP contribution in [0.15, 0.2) is 5.38 Å². The maximum Gasteiger partial charge on any atom is 0.160 e. The number of carbonyl (C=O) groups is 1. The second-order valence-corrected chi connectivity index (χ2v) is 4.92. The fourth-order valence-electron chi connectivity index (χ4n) is 1.98. The Bertz CT molecular complexity index is 338. The van der Waals surface area contributed by atoms with Crippen LogP contribution >= 0.6 is 11.3 Å². The van der Waals surface area contributed by atoms with Crippen LogP contribution in [0.3, 0.4) is 0 Å². The lowest BCUT2D eigenvalue weighted by molar-refractivity contribution is 0.101. The molecule has 0 spiro atoms. The molecule has 2 heteroatoms. The molecular weight excluding hydrogens is 180 g/mol. The maximum atomic E-state index is 11.3. The Kier molecular flexibility index (Phi) is 2.24. The van der Waals surface area contributed by atoms with Crippen molar-refractivity contribution in [3.05, 3.63) is 21.4 Å². The Morgan fingerprint density at radius 1 is 1.62 bits per heavy atom. The summed E-state index contributed by atoms with van der Waals surface area (Å²) in [5.41, 5.74) is 2.32. The van der Waals surface area contributed by atoms with Crippen molar-refractivity contribution in [1.82, 2.24) is 0 Å². The zero-order valence-electron chi connectivity index (χ0n) is 8.09. The molecule has 0 aromatic carbocycles. The van der Waals surface area contributed by atoms with Crippen molar-refractivity contribution in [1.29, 1.82) is 0 Å². The van der Waals surface area contributed by atoms with Gasteiger partial charge in [-0.2, -0.15) is 0 Å². The second kappa shape index (κ2) is 3.26. The summed E-state index contributed by atoms with van der Waals surface area (Å²) in [6.07, 6.45) is 3.56. The molecule has 0 bridgehead atoms. The number of Topliss-reactive ketones (excluding diaryl/α,β-unsaturated/α-hetero) is 1. The molecule has 1 aromatic rings. The van der Waals surface area contributed by atoms with Gasteiger partial charge in [0, 0.05) is 15.8 Å². The van der Waals surface area contributed by atoms with Gasteiger partial charge in [0.1, 0.15) is 0 Å². The lowest BCUT2D eigenvalue weighted by atomic mass is 9.87. The molecule has 0 N–H and O–H groups in total. The van der Waals surface area contributed by atoms with Gasteiger partial charge >= 0.3 is 0 Å². The molecule has 13 heavy (non-hydrogen) atoms. The van der Waals surface area contributed by atoms with E-state index in [0.717, 1.165) is 17.9 Å². The van der Waals surface area contributed by atoms with Gasteiger partial charge in [0.15, 0.2) is 5.78 Å². The summed E-state index contributed by atoms with van der Waals surface area (Å²) in [6, 6.07) is 0. The molecule has 1 aliphatic carbocycles. The van der Waals surface area contributed by atoms with Crippen molar-refractivity contribution in [3.63, 3.8) is 0 Å². The van der Waals surface area contributed by atoms with E-state index < -0.39 is 0 Å². The summed E-state index contributed by atoms with van der Waals surface area (Å²) >= 11 is 1.76. The minimum atomic E-state index is 0.228. The summed E-state index contributed by atoms with van der Waals surface area (Å²) < 4.78 is 0. The Labute approximate surface area is 82.8 Å². The van der Waals surface area contributed by atoms with Crippen LogP contribution < -0.4 is 0 Å². The number of hydrogen-bond donors (Lipinski definition) is 0. The molecule has 0 aliphatic heterocycles. The number of carbonyl (C=O) groups excluding carboxylic acids is 1. The maximum absolute atomic E-state index is 11.3. The lowest BCUT2D eigenvalue weighted by Gasteiger charge is -2.18. The number of aryl methyl sites for hydroxylation is 1. The van der Waals surface area contributed by atoms with Crippen LogP contribution in [0.25, 0.3) is 0 Å². The molecule has 1 heterocycles. The van der Waals surface area contributed by atoms with Crippen molar-refractivity contribution >= 4 is 17.1 Å². The summed E-state index contributed by atoms with van der Waals surface area (Å²) in [4.78, 5) is 12.7. The molecule has 1 atom stereocenters. The molecule has 1 unspecified atom stereocenters.